The first-order valence-electron chi connectivity index (χ1n) is 4.56. The first-order chi connectivity index (χ1) is 7.18. The minimum atomic E-state index is -0.693. The molecule has 0 aliphatic rings. The first-order valence-corrected chi connectivity index (χ1v) is 4.56. The standard InChI is InChI=1S/C10H11N3O2/c1-6(14)9-10(12-13-11-9)7-3-2-4-8(15)5-7/h2-6,14-15H,1H3,(H,11,12,13). The minimum Gasteiger partial charge on any atom is -0.508 e. The van der Waals surface area contributed by atoms with Crippen LogP contribution in [0.25, 0.3) is 11.3 Å². The normalized spacial score (nSPS) is 12.7. The van der Waals surface area contributed by atoms with Crippen molar-refractivity contribution in [3.8, 4) is 17.0 Å². The molecule has 5 heteroatoms. The second-order valence-corrected chi connectivity index (χ2v) is 3.28. The maximum Gasteiger partial charge on any atom is 0.119 e. The Labute approximate surface area is 86.4 Å². The van der Waals surface area contributed by atoms with Crippen LogP contribution in [0.15, 0.2) is 24.3 Å². The number of aliphatic hydroxyl groups is 1. The van der Waals surface area contributed by atoms with Crippen LogP contribution in [-0.2, 0) is 0 Å². The Kier molecular flexibility index (Phi) is 2.39. The number of phenols is 1. The van der Waals surface area contributed by atoms with Crippen molar-refractivity contribution in [2.45, 2.75) is 13.0 Å². The van der Waals surface area contributed by atoms with Crippen molar-refractivity contribution in [2.24, 2.45) is 0 Å². The summed E-state index contributed by atoms with van der Waals surface area (Å²) < 4.78 is 0. The molecule has 1 unspecified atom stereocenters. The van der Waals surface area contributed by atoms with Gasteiger partial charge in [0.1, 0.15) is 17.1 Å². The Bertz CT molecular complexity index is 465. The van der Waals surface area contributed by atoms with E-state index < -0.39 is 6.10 Å². The van der Waals surface area contributed by atoms with Crippen LogP contribution in [0.2, 0.25) is 0 Å². The third kappa shape index (κ3) is 1.82. The lowest BCUT2D eigenvalue weighted by molar-refractivity contribution is 0.195. The Morgan fingerprint density at radius 1 is 1.33 bits per heavy atom. The number of aromatic amines is 1. The highest BCUT2D eigenvalue weighted by Gasteiger charge is 2.14. The first kappa shape index (κ1) is 9.67. The third-order valence-corrected chi connectivity index (χ3v) is 2.09. The van der Waals surface area contributed by atoms with E-state index in [4.69, 9.17) is 0 Å². The predicted octanol–water partition coefficient (Wildman–Crippen LogP) is 1.23. The maximum atomic E-state index is 9.44. The zero-order valence-electron chi connectivity index (χ0n) is 8.18. The molecule has 3 N–H and O–H groups in total. The van der Waals surface area contributed by atoms with Crippen molar-refractivity contribution in [1.29, 1.82) is 0 Å². The van der Waals surface area contributed by atoms with Gasteiger partial charge >= 0.3 is 0 Å². The van der Waals surface area contributed by atoms with Crippen LogP contribution in [0.1, 0.15) is 18.7 Å². The highest BCUT2D eigenvalue weighted by atomic mass is 16.3. The van der Waals surface area contributed by atoms with E-state index in [2.05, 4.69) is 15.4 Å². The Hall–Kier alpha value is -1.88. The molecule has 0 amide bonds. The zero-order chi connectivity index (χ0) is 10.8. The third-order valence-electron chi connectivity index (χ3n) is 2.09. The van der Waals surface area contributed by atoms with Crippen molar-refractivity contribution in [1.82, 2.24) is 15.4 Å². The van der Waals surface area contributed by atoms with Crippen molar-refractivity contribution in [3.05, 3.63) is 30.0 Å². The smallest absolute Gasteiger partial charge is 0.119 e. The highest BCUT2D eigenvalue weighted by molar-refractivity contribution is 5.63. The summed E-state index contributed by atoms with van der Waals surface area (Å²) in [7, 11) is 0. The molecular formula is C10H11N3O2. The topological polar surface area (TPSA) is 82.0 Å². The lowest BCUT2D eigenvalue weighted by Gasteiger charge is -2.03. The summed E-state index contributed by atoms with van der Waals surface area (Å²) in [4.78, 5) is 0. The number of hydrogen-bond acceptors (Lipinski definition) is 4. The van der Waals surface area contributed by atoms with E-state index in [0.29, 0.717) is 11.4 Å². The van der Waals surface area contributed by atoms with Crippen LogP contribution in [0.3, 0.4) is 0 Å². The van der Waals surface area contributed by atoms with E-state index in [1.807, 2.05) is 0 Å². The molecule has 0 bridgehead atoms. The monoisotopic (exact) mass is 205 g/mol. The Morgan fingerprint density at radius 3 is 2.80 bits per heavy atom. The molecule has 0 fully saturated rings. The molecule has 0 saturated heterocycles. The molecule has 2 rings (SSSR count). The van der Waals surface area contributed by atoms with Gasteiger partial charge in [0, 0.05) is 5.56 Å². The molecule has 1 atom stereocenters. The summed E-state index contributed by atoms with van der Waals surface area (Å²) in [6.45, 7) is 1.62. The maximum absolute atomic E-state index is 9.44. The van der Waals surface area contributed by atoms with Crippen LogP contribution in [-0.4, -0.2) is 25.6 Å². The molecule has 2 aromatic rings. The largest absolute Gasteiger partial charge is 0.508 e. The average Bonchev–Trinajstić information content (AvgIpc) is 2.65. The van der Waals surface area contributed by atoms with Crippen LogP contribution in [0, 0.1) is 0 Å². The number of phenolic OH excluding ortho intramolecular Hbond substituents is 1. The van der Waals surface area contributed by atoms with E-state index in [1.54, 1.807) is 31.2 Å². The number of nitrogens with zero attached hydrogens (tertiary/aromatic N) is 2. The van der Waals surface area contributed by atoms with E-state index >= 15 is 0 Å². The second kappa shape index (κ2) is 3.70. The van der Waals surface area contributed by atoms with Gasteiger partial charge in [-0.25, -0.2) is 0 Å². The molecule has 1 aromatic carbocycles. The van der Waals surface area contributed by atoms with Gasteiger partial charge < -0.3 is 10.2 Å². The van der Waals surface area contributed by atoms with Crippen LogP contribution in [0.5, 0.6) is 5.75 Å². The van der Waals surface area contributed by atoms with Gasteiger partial charge in [0.2, 0.25) is 0 Å². The van der Waals surface area contributed by atoms with Gasteiger partial charge in [-0.2, -0.15) is 15.4 Å². The van der Waals surface area contributed by atoms with Crippen LogP contribution < -0.4 is 0 Å². The molecule has 0 radical (unpaired) electrons. The number of H-pyrrole nitrogens is 1. The average molecular weight is 205 g/mol. The van der Waals surface area contributed by atoms with Crippen LogP contribution >= 0.6 is 0 Å². The summed E-state index contributed by atoms with van der Waals surface area (Å²) in [5.41, 5.74) is 1.75. The molecule has 0 aliphatic carbocycles. The summed E-state index contributed by atoms with van der Waals surface area (Å²) in [6, 6.07) is 6.66. The van der Waals surface area contributed by atoms with Gasteiger partial charge in [-0.05, 0) is 19.1 Å². The van der Waals surface area contributed by atoms with E-state index in [0.717, 1.165) is 5.56 Å². The SMILES string of the molecule is CC(O)c1n[nH]nc1-c1cccc(O)c1. The molecule has 1 heterocycles. The Morgan fingerprint density at radius 2 is 2.13 bits per heavy atom. The summed E-state index contributed by atoms with van der Waals surface area (Å²) >= 11 is 0. The highest BCUT2D eigenvalue weighted by Crippen LogP contribution is 2.26. The molecule has 0 spiro atoms. The number of hydrogen-bond donors (Lipinski definition) is 3. The van der Waals surface area contributed by atoms with Crippen molar-refractivity contribution in [2.75, 3.05) is 0 Å². The van der Waals surface area contributed by atoms with Gasteiger partial charge in [0.15, 0.2) is 0 Å². The molecule has 0 saturated carbocycles. The van der Waals surface area contributed by atoms with Crippen LogP contribution in [0.4, 0.5) is 0 Å². The lowest BCUT2D eigenvalue weighted by Crippen LogP contribution is -1.94. The van der Waals surface area contributed by atoms with Crippen molar-refractivity contribution in [3.63, 3.8) is 0 Å². The number of rotatable bonds is 2. The van der Waals surface area contributed by atoms with E-state index in [1.165, 1.54) is 0 Å². The molecule has 1 aromatic heterocycles. The number of nitrogens with one attached hydrogen (secondary N) is 1. The number of aromatic nitrogens is 3. The quantitative estimate of drug-likeness (QED) is 0.688. The predicted molar refractivity (Wildman–Crippen MR) is 54.1 cm³/mol. The fourth-order valence-electron chi connectivity index (χ4n) is 1.40. The zero-order valence-corrected chi connectivity index (χ0v) is 8.18. The molecule has 5 nitrogen and oxygen atoms in total. The number of benzene rings is 1. The van der Waals surface area contributed by atoms with E-state index in [9.17, 15) is 10.2 Å². The number of aliphatic hydroxyl groups excluding tert-OH is 1. The fraction of sp³-hybridized carbons (Fsp3) is 0.200. The lowest BCUT2D eigenvalue weighted by atomic mass is 10.1. The van der Waals surface area contributed by atoms with E-state index in [-0.39, 0.29) is 5.75 Å². The molecule has 15 heavy (non-hydrogen) atoms. The molecule has 78 valence electrons. The fourth-order valence-corrected chi connectivity index (χ4v) is 1.40. The van der Waals surface area contributed by atoms with Gasteiger partial charge in [-0.3, -0.25) is 0 Å². The van der Waals surface area contributed by atoms with Gasteiger partial charge in [0.25, 0.3) is 0 Å². The van der Waals surface area contributed by atoms with Gasteiger partial charge in [0.05, 0.1) is 6.10 Å². The van der Waals surface area contributed by atoms with Gasteiger partial charge in [-0.1, -0.05) is 12.1 Å². The number of aromatic hydroxyl groups is 1. The van der Waals surface area contributed by atoms with Crippen molar-refractivity contribution >= 4 is 0 Å². The summed E-state index contributed by atoms with van der Waals surface area (Å²) in [5, 5.41) is 29.0. The van der Waals surface area contributed by atoms with Crippen molar-refractivity contribution < 1.29 is 10.2 Å². The summed E-state index contributed by atoms with van der Waals surface area (Å²) in [6.07, 6.45) is -0.693. The second-order valence-electron chi connectivity index (χ2n) is 3.28. The minimum absolute atomic E-state index is 0.159. The summed E-state index contributed by atoms with van der Waals surface area (Å²) in [5.74, 6) is 0.159. The Balaban J connectivity index is 2.49. The molecule has 0 aliphatic heterocycles. The molecular weight excluding hydrogens is 194 g/mol. The van der Waals surface area contributed by atoms with Gasteiger partial charge in [-0.15, -0.1) is 0 Å².